The van der Waals surface area contributed by atoms with Crippen molar-refractivity contribution in [3.8, 4) is 0 Å². The molecule has 4 rings (SSSR count). The highest BCUT2D eigenvalue weighted by Gasteiger charge is 2.32. The minimum absolute atomic E-state index is 0.0444. The number of amides is 2. The Hall–Kier alpha value is -2.45. The number of morpholine rings is 1. The number of rotatable bonds is 7. The average Bonchev–Trinajstić information content (AvgIpc) is 3.17. The minimum Gasteiger partial charge on any atom is -0.439 e. The highest BCUT2D eigenvalue weighted by atomic mass is 16.5. The quantitative estimate of drug-likeness (QED) is 0.687. The van der Waals surface area contributed by atoms with Gasteiger partial charge in [0.15, 0.2) is 5.58 Å². The topological polar surface area (TPSA) is 79.1 Å². The van der Waals surface area contributed by atoms with E-state index in [2.05, 4.69) is 9.88 Å². The molecule has 2 amide bonds. The van der Waals surface area contributed by atoms with Gasteiger partial charge in [-0.25, -0.2) is 4.98 Å². The Labute approximate surface area is 176 Å². The summed E-state index contributed by atoms with van der Waals surface area (Å²) >= 11 is 0. The van der Waals surface area contributed by atoms with Crippen LogP contribution in [0.1, 0.15) is 25.2 Å². The molecule has 8 nitrogen and oxygen atoms in total. The van der Waals surface area contributed by atoms with Crippen molar-refractivity contribution in [2.45, 2.75) is 25.8 Å². The molecule has 2 saturated heterocycles. The molecule has 1 atom stereocenters. The van der Waals surface area contributed by atoms with Gasteiger partial charge in [-0.15, -0.1) is 0 Å². The first kappa shape index (κ1) is 20.8. The number of benzene rings is 1. The lowest BCUT2D eigenvalue weighted by Gasteiger charge is -2.34. The predicted octanol–water partition coefficient (Wildman–Crippen LogP) is 1.75. The lowest BCUT2D eigenvalue weighted by atomic mass is 9.96. The zero-order valence-electron chi connectivity index (χ0n) is 17.6. The number of likely N-dealkylation sites (tertiary alicyclic amines) is 1. The molecule has 0 radical (unpaired) electrons. The van der Waals surface area contributed by atoms with Crippen LogP contribution in [0.3, 0.4) is 0 Å². The van der Waals surface area contributed by atoms with Crippen LogP contribution in [0.15, 0.2) is 28.7 Å². The standard InChI is InChI=1S/C22H30N4O4/c1-24(16-20-23-18-5-2-3-6-19(18)30-20)22(28)17-7-8-21(27)26(15-17)10-4-9-25-11-13-29-14-12-25/h2-3,5-6,17H,4,7-16H2,1H3/t17-/m1/s1. The minimum atomic E-state index is -0.166. The van der Waals surface area contributed by atoms with E-state index in [1.807, 2.05) is 29.2 Å². The van der Waals surface area contributed by atoms with Crippen molar-refractivity contribution >= 4 is 22.9 Å². The maximum atomic E-state index is 13.0. The number of piperidine rings is 1. The third kappa shape index (κ3) is 4.99. The number of ether oxygens (including phenoxy) is 1. The fourth-order valence-electron chi connectivity index (χ4n) is 4.22. The van der Waals surface area contributed by atoms with Crippen LogP contribution >= 0.6 is 0 Å². The first-order valence-electron chi connectivity index (χ1n) is 10.8. The third-order valence-corrected chi connectivity index (χ3v) is 5.94. The first-order chi connectivity index (χ1) is 14.6. The number of fused-ring (bicyclic) bond motifs is 1. The van der Waals surface area contributed by atoms with Crippen molar-refractivity contribution < 1.29 is 18.7 Å². The maximum absolute atomic E-state index is 13.0. The number of carbonyl (C=O) groups is 2. The summed E-state index contributed by atoms with van der Waals surface area (Å²) in [5.74, 6) is 0.562. The summed E-state index contributed by atoms with van der Waals surface area (Å²) in [5, 5.41) is 0. The molecular formula is C22H30N4O4. The highest BCUT2D eigenvalue weighted by Crippen LogP contribution is 2.22. The van der Waals surface area contributed by atoms with Crippen molar-refractivity contribution in [3.05, 3.63) is 30.2 Å². The summed E-state index contributed by atoms with van der Waals surface area (Å²) in [4.78, 5) is 35.7. The highest BCUT2D eigenvalue weighted by molar-refractivity contribution is 5.83. The van der Waals surface area contributed by atoms with Gasteiger partial charge < -0.3 is 19.0 Å². The van der Waals surface area contributed by atoms with Gasteiger partial charge in [0.25, 0.3) is 0 Å². The summed E-state index contributed by atoms with van der Waals surface area (Å²) in [6, 6.07) is 7.58. The van der Waals surface area contributed by atoms with E-state index in [9.17, 15) is 9.59 Å². The number of aromatic nitrogens is 1. The number of oxazole rings is 1. The molecule has 0 unspecified atom stereocenters. The van der Waals surface area contributed by atoms with Crippen molar-refractivity contribution in [2.75, 3.05) is 53.0 Å². The van der Waals surface area contributed by atoms with Crippen molar-refractivity contribution in [1.82, 2.24) is 19.7 Å². The van der Waals surface area contributed by atoms with Crippen molar-refractivity contribution in [3.63, 3.8) is 0 Å². The second kappa shape index (κ2) is 9.57. The van der Waals surface area contributed by atoms with E-state index in [4.69, 9.17) is 9.15 Å². The van der Waals surface area contributed by atoms with Crippen LogP contribution in [0.4, 0.5) is 0 Å². The normalized spacial score (nSPS) is 20.6. The lowest BCUT2D eigenvalue weighted by Crippen LogP contribution is -2.47. The number of para-hydroxylation sites is 2. The Balaban J connectivity index is 1.28. The lowest BCUT2D eigenvalue weighted by molar-refractivity contribution is -0.142. The average molecular weight is 415 g/mol. The fourth-order valence-corrected chi connectivity index (χ4v) is 4.22. The van der Waals surface area contributed by atoms with Crippen LogP contribution in [0, 0.1) is 5.92 Å². The van der Waals surface area contributed by atoms with Crippen LogP contribution in [0.25, 0.3) is 11.1 Å². The molecule has 30 heavy (non-hydrogen) atoms. The Morgan fingerprint density at radius 2 is 2.03 bits per heavy atom. The molecule has 0 bridgehead atoms. The summed E-state index contributed by atoms with van der Waals surface area (Å²) in [6.45, 7) is 5.97. The molecule has 0 aliphatic carbocycles. The van der Waals surface area contributed by atoms with E-state index in [1.54, 1.807) is 11.9 Å². The van der Waals surface area contributed by atoms with Crippen molar-refractivity contribution in [2.24, 2.45) is 5.92 Å². The van der Waals surface area contributed by atoms with Gasteiger partial charge in [0, 0.05) is 46.2 Å². The molecule has 0 saturated carbocycles. The first-order valence-corrected chi connectivity index (χ1v) is 10.8. The summed E-state index contributed by atoms with van der Waals surface area (Å²) < 4.78 is 11.1. The molecule has 1 aromatic carbocycles. The zero-order chi connectivity index (χ0) is 20.9. The Kier molecular flexibility index (Phi) is 6.64. The molecule has 2 fully saturated rings. The smallest absolute Gasteiger partial charge is 0.227 e. The molecule has 0 N–H and O–H groups in total. The molecular weight excluding hydrogens is 384 g/mol. The number of nitrogens with zero attached hydrogens (tertiary/aromatic N) is 4. The Morgan fingerprint density at radius 1 is 1.23 bits per heavy atom. The maximum Gasteiger partial charge on any atom is 0.227 e. The van der Waals surface area contributed by atoms with Gasteiger partial charge in [-0.3, -0.25) is 14.5 Å². The Morgan fingerprint density at radius 3 is 2.83 bits per heavy atom. The monoisotopic (exact) mass is 414 g/mol. The summed E-state index contributed by atoms with van der Waals surface area (Å²) in [7, 11) is 1.77. The number of carbonyl (C=O) groups excluding carboxylic acids is 2. The van der Waals surface area contributed by atoms with Crippen LogP contribution in [-0.2, 0) is 20.9 Å². The summed E-state index contributed by atoms with van der Waals surface area (Å²) in [5.41, 5.74) is 1.52. The SMILES string of the molecule is CN(Cc1nc2ccccc2o1)C(=O)[C@@H]1CCC(=O)N(CCCN2CCOCC2)C1. The molecule has 2 aliphatic heterocycles. The van der Waals surface area contributed by atoms with Gasteiger partial charge >= 0.3 is 0 Å². The van der Waals surface area contributed by atoms with Gasteiger partial charge in [-0.1, -0.05) is 12.1 Å². The van der Waals surface area contributed by atoms with E-state index in [0.717, 1.165) is 50.4 Å². The van der Waals surface area contributed by atoms with E-state index in [-0.39, 0.29) is 17.7 Å². The largest absolute Gasteiger partial charge is 0.439 e. The zero-order valence-corrected chi connectivity index (χ0v) is 17.6. The van der Waals surface area contributed by atoms with Crippen LogP contribution in [0.5, 0.6) is 0 Å². The molecule has 2 aliphatic rings. The van der Waals surface area contributed by atoms with Gasteiger partial charge in [-0.2, -0.15) is 0 Å². The van der Waals surface area contributed by atoms with Crippen molar-refractivity contribution in [1.29, 1.82) is 0 Å². The molecule has 1 aromatic heterocycles. The molecule has 2 aromatic rings. The second-order valence-electron chi connectivity index (χ2n) is 8.15. The van der Waals surface area contributed by atoms with Crippen LogP contribution in [0.2, 0.25) is 0 Å². The van der Waals surface area contributed by atoms with E-state index in [1.165, 1.54) is 0 Å². The van der Waals surface area contributed by atoms with E-state index < -0.39 is 0 Å². The van der Waals surface area contributed by atoms with E-state index >= 15 is 0 Å². The Bertz CT molecular complexity index is 844. The van der Waals surface area contributed by atoms with Crippen LogP contribution in [-0.4, -0.2) is 84.5 Å². The third-order valence-electron chi connectivity index (χ3n) is 5.94. The molecule has 162 valence electrons. The summed E-state index contributed by atoms with van der Waals surface area (Å²) in [6.07, 6.45) is 1.96. The fraction of sp³-hybridized carbons (Fsp3) is 0.591. The molecule has 8 heteroatoms. The second-order valence-corrected chi connectivity index (χ2v) is 8.15. The number of hydrogen-bond donors (Lipinski definition) is 0. The van der Waals surface area contributed by atoms with Gasteiger partial charge in [0.05, 0.1) is 25.7 Å². The van der Waals surface area contributed by atoms with Gasteiger partial charge in [0.2, 0.25) is 17.7 Å². The van der Waals surface area contributed by atoms with Gasteiger partial charge in [0.1, 0.15) is 5.52 Å². The molecule has 3 heterocycles. The number of hydrogen-bond acceptors (Lipinski definition) is 6. The van der Waals surface area contributed by atoms with E-state index in [0.29, 0.717) is 38.4 Å². The molecule has 0 spiro atoms. The van der Waals surface area contributed by atoms with Crippen LogP contribution < -0.4 is 0 Å². The van der Waals surface area contributed by atoms with Gasteiger partial charge in [-0.05, 0) is 25.0 Å². The predicted molar refractivity (Wildman–Crippen MR) is 112 cm³/mol.